The zero-order chi connectivity index (χ0) is 35.3. The van der Waals surface area contributed by atoms with Gasteiger partial charge in [-0.15, -0.1) is 11.8 Å². The predicted molar refractivity (Wildman–Crippen MR) is 180 cm³/mol. The maximum absolute atomic E-state index is 13.1. The number of primary amides is 2. The fraction of sp³-hybridized carbons (Fsp3) is 0.471. The molecule has 1 heterocycles. The highest BCUT2D eigenvalue weighted by Crippen LogP contribution is 2.36. The maximum Gasteiger partial charge on any atom is 0.242 e. The minimum absolute atomic E-state index is 0.0344. The highest BCUT2D eigenvalue weighted by atomic mass is 32.2. The van der Waals surface area contributed by atoms with Crippen molar-refractivity contribution in [3.05, 3.63) is 76.4 Å². The molecule has 0 aromatic heterocycles. The van der Waals surface area contributed by atoms with Crippen LogP contribution in [0.15, 0.2) is 48.5 Å². The Labute approximate surface area is 279 Å². The number of aliphatic hydroxyl groups excluding tert-OH is 3. The van der Waals surface area contributed by atoms with Gasteiger partial charge in [0.15, 0.2) is 0 Å². The SMILES string of the molecule is CS[C@H]1O[C@@H](c2ccc(C)c(Cc3ccc(/C=C/CC(C(=O)NC(C)(C)C(N)=O)C(=O)NC(C)(C)C(N)=O)cc3)c2)[C@H](O)[C@@H](O)[C@@H]1O. The minimum atomic E-state index is -1.41. The first-order valence-corrected chi connectivity index (χ1v) is 16.5. The van der Waals surface area contributed by atoms with Crippen molar-refractivity contribution < 1.29 is 39.2 Å². The van der Waals surface area contributed by atoms with Crippen molar-refractivity contribution in [3.8, 4) is 0 Å². The number of carbonyl (C=O) groups excluding carboxylic acids is 4. The minimum Gasteiger partial charge on any atom is -0.387 e. The first kappa shape index (κ1) is 37.7. The predicted octanol–water partition coefficient (Wildman–Crippen LogP) is 1.21. The number of aryl methyl sites for hydroxylation is 1. The summed E-state index contributed by atoms with van der Waals surface area (Å²) in [5.41, 5.74) is 11.8. The highest BCUT2D eigenvalue weighted by Gasteiger charge is 2.44. The van der Waals surface area contributed by atoms with Gasteiger partial charge in [0.25, 0.3) is 0 Å². The molecule has 13 heteroatoms. The molecular weight excluding hydrogens is 624 g/mol. The van der Waals surface area contributed by atoms with Crippen LogP contribution in [-0.4, -0.2) is 80.0 Å². The molecule has 0 bridgehead atoms. The van der Waals surface area contributed by atoms with E-state index in [0.29, 0.717) is 12.0 Å². The Morgan fingerprint density at radius 3 is 1.96 bits per heavy atom. The molecule has 0 spiro atoms. The van der Waals surface area contributed by atoms with Crippen molar-refractivity contribution in [2.45, 2.75) is 88.4 Å². The molecule has 256 valence electrons. The largest absolute Gasteiger partial charge is 0.387 e. The summed E-state index contributed by atoms with van der Waals surface area (Å²) in [7, 11) is 0. The van der Waals surface area contributed by atoms with E-state index in [1.807, 2.05) is 49.4 Å². The van der Waals surface area contributed by atoms with Crippen LogP contribution in [0.2, 0.25) is 0 Å². The van der Waals surface area contributed by atoms with Gasteiger partial charge >= 0.3 is 0 Å². The van der Waals surface area contributed by atoms with Crippen molar-refractivity contribution in [3.63, 3.8) is 0 Å². The maximum atomic E-state index is 13.1. The molecule has 5 atom stereocenters. The summed E-state index contributed by atoms with van der Waals surface area (Å²) in [6.45, 7) is 7.68. The van der Waals surface area contributed by atoms with E-state index < -0.39 is 70.5 Å². The summed E-state index contributed by atoms with van der Waals surface area (Å²) in [5.74, 6) is -4.29. The van der Waals surface area contributed by atoms with Crippen molar-refractivity contribution in [1.29, 1.82) is 0 Å². The second kappa shape index (κ2) is 15.4. The van der Waals surface area contributed by atoms with Gasteiger partial charge in [-0.3, -0.25) is 19.2 Å². The Hall–Kier alpha value is -3.75. The molecule has 0 unspecified atom stereocenters. The van der Waals surface area contributed by atoms with Gasteiger partial charge in [0, 0.05) is 0 Å². The lowest BCUT2D eigenvalue weighted by Gasteiger charge is -2.40. The first-order valence-electron chi connectivity index (χ1n) is 15.2. The molecule has 9 N–H and O–H groups in total. The standard InChI is InChI=1S/C34H46N4O8S/c1-18-10-15-21(27-25(40)24(39)26(41)30(46-27)47-6)17-22(18)16-20-13-11-19(12-14-20)8-7-9-23(28(42)37-33(2,3)31(35)44)29(43)38-34(4,5)32(36)45/h7-8,10-15,17,23-27,30,39-41H,9,16H2,1-6H3,(H2,35,44)(H2,36,45)(H,37,42)(H,38,43)/b8-7+/t24-,25-,26+,27+,30-/m1/s1. The third-order valence-corrected chi connectivity index (χ3v) is 9.15. The van der Waals surface area contributed by atoms with Crippen molar-refractivity contribution >= 4 is 41.5 Å². The summed E-state index contributed by atoms with van der Waals surface area (Å²) < 4.78 is 5.93. The van der Waals surface area contributed by atoms with E-state index in [-0.39, 0.29) is 6.42 Å². The Bertz CT molecular complexity index is 1450. The van der Waals surface area contributed by atoms with Crippen LogP contribution in [0.5, 0.6) is 0 Å². The number of hydrogen-bond acceptors (Lipinski definition) is 9. The van der Waals surface area contributed by atoms with Crippen molar-refractivity contribution in [2.24, 2.45) is 17.4 Å². The van der Waals surface area contributed by atoms with Crippen LogP contribution in [-0.2, 0) is 30.3 Å². The number of ether oxygens (including phenoxy) is 1. The summed E-state index contributed by atoms with van der Waals surface area (Å²) in [6, 6.07) is 13.4. The van der Waals surface area contributed by atoms with Crippen LogP contribution in [0.25, 0.3) is 6.08 Å². The topological polar surface area (TPSA) is 214 Å². The quantitative estimate of drug-likeness (QED) is 0.152. The smallest absolute Gasteiger partial charge is 0.242 e. The molecule has 3 rings (SSSR count). The van der Waals surface area contributed by atoms with Crippen LogP contribution in [0.4, 0.5) is 0 Å². The number of allylic oxidation sites excluding steroid dienone is 1. The molecule has 1 saturated heterocycles. The Kier molecular flexibility index (Phi) is 12.4. The molecule has 0 aliphatic carbocycles. The number of aliphatic hydroxyl groups is 3. The second-order valence-corrected chi connectivity index (χ2v) is 13.8. The molecule has 2 aromatic rings. The monoisotopic (exact) mass is 670 g/mol. The Morgan fingerprint density at radius 2 is 1.45 bits per heavy atom. The highest BCUT2D eigenvalue weighted by molar-refractivity contribution is 7.99. The van der Waals surface area contributed by atoms with E-state index in [1.54, 1.807) is 18.4 Å². The van der Waals surface area contributed by atoms with E-state index >= 15 is 0 Å². The molecule has 12 nitrogen and oxygen atoms in total. The third-order valence-electron chi connectivity index (χ3n) is 8.30. The number of nitrogens with two attached hydrogens (primary N) is 2. The van der Waals surface area contributed by atoms with E-state index in [0.717, 1.165) is 22.3 Å². The number of thioether (sulfide) groups is 1. The zero-order valence-corrected chi connectivity index (χ0v) is 28.3. The van der Waals surface area contributed by atoms with Crippen molar-refractivity contribution in [1.82, 2.24) is 10.6 Å². The fourth-order valence-corrected chi connectivity index (χ4v) is 5.60. The number of hydrogen-bond donors (Lipinski definition) is 7. The van der Waals surface area contributed by atoms with Crippen LogP contribution in [0.1, 0.15) is 68.0 Å². The molecule has 0 radical (unpaired) electrons. The van der Waals surface area contributed by atoms with Gasteiger partial charge in [-0.1, -0.05) is 54.6 Å². The lowest BCUT2D eigenvalue weighted by molar-refractivity contribution is -0.200. The van der Waals surface area contributed by atoms with Crippen molar-refractivity contribution in [2.75, 3.05) is 6.26 Å². The Morgan fingerprint density at radius 1 is 0.894 bits per heavy atom. The number of nitrogens with one attached hydrogen (secondary N) is 2. The summed E-state index contributed by atoms with van der Waals surface area (Å²) in [6.07, 6.45) is 1.11. The van der Waals surface area contributed by atoms with Gasteiger partial charge in [-0.2, -0.15) is 0 Å². The molecule has 0 saturated carbocycles. The van der Waals surface area contributed by atoms with Gasteiger partial charge < -0.3 is 42.2 Å². The van der Waals surface area contributed by atoms with Gasteiger partial charge in [-0.25, -0.2) is 0 Å². The fourth-order valence-electron chi connectivity index (χ4n) is 4.93. The molecule has 1 aliphatic heterocycles. The summed E-state index contributed by atoms with van der Waals surface area (Å²) >= 11 is 1.26. The number of benzene rings is 2. The van der Waals surface area contributed by atoms with Crippen LogP contribution < -0.4 is 22.1 Å². The van der Waals surface area contributed by atoms with E-state index in [1.165, 1.54) is 39.5 Å². The molecule has 47 heavy (non-hydrogen) atoms. The summed E-state index contributed by atoms with van der Waals surface area (Å²) in [5, 5.41) is 36.2. The number of rotatable bonds is 13. The van der Waals surface area contributed by atoms with E-state index in [2.05, 4.69) is 10.6 Å². The number of amides is 4. The second-order valence-electron chi connectivity index (χ2n) is 12.9. The van der Waals surface area contributed by atoms with E-state index in [9.17, 15) is 34.5 Å². The summed E-state index contributed by atoms with van der Waals surface area (Å²) in [4.78, 5) is 49.7. The van der Waals surface area contributed by atoms with Crippen LogP contribution in [0, 0.1) is 12.8 Å². The first-order chi connectivity index (χ1) is 21.9. The van der Waals surface area contributed by atoms with Gasteiger partial charge in [-0.05, 0) is 81.5 Å². The van der Waals surface area contributed by atoms with Gasteiger partial charge in [0.1, 0.15) is 46.8 Å². The average molecular weight is 671 g/mol. The molecular formula is C34H46N4O8S. The Balaban J connectivity index is 1.75. The molecule has 1 aliphatic rings. The lowest BCUT2D eigenvalue weighted by atomic mass is 9.91. The average Bonchev–Trinajstić information content (AvgIpc) is 2.99. The van der Waals surface area contributed by atoms with E-state index in [4.69, 9.17) is 16.2 Å². The number of carbonyl (C=O) groups is 4. The van der Waals surface area contributed by atoms with Gasteiger partial charge in [0.2, 0.25) is 23.6 Å². The third kappa shape index (κ3) is 9.42. The normalized spacial score (nSPS) is 21.9. The molecule has 1 fully saturated rings. The van der Waals surface area contributed by atoms with Crippen LogP contribution >= 0.6 is 11.8 Å². The molecule has 2 aromatic carbocycles. The van der Waals surface area contributed by atoms with Crippen LogP contribution in [0.3, 0.4) is 0 Å². The zero-order valence-electron chi connectivity index (χ0n) is 27.5. The molecule has 4 amide bonds. The van der Waals surface area contributed by atoms with Gasteiger partial charge in [0.05, 0.1) is 0 Å². The lowest BCUT2D eigenvalue weighted by Crippen LogP contribution is -2.59.